The Morgan fingerprint density at radius 2 is 1.19 bits per heavy atom. The van der Waals surface area contributed by atoms with E-state index in [9.17, 15) is 70.7 Å². The van der Waals surface area contributed by atoms with Gasteiger partial charge in [-0.25, -0.2) is 0 Å². The van der Waals surface area contributed by atoms with Gasteiger partial charge in [0.25, 0.3) is 0 Å². The van der Waals surface area contributed by atoms with Crippen LogP contribution in [0.1, 0.15) is 5.56 Å². The Labute approximate surface area is 198 Å². The number of halogens is 13. The summed E-state index contributed by atoms with van der Waals surface area (Å²) in [6, 6.07) is 2.67. The molecule has 214 valence electrons. The van der Waals surface area contributed by atoms with Gasteiger partial charge in [-0.3, -0.25) is 0 Å². The molecule has 1 heterocycles. The lowest BCUT2D eigenvalue weighted by Gasteiger charge is -2.45. The van der Waals surface area contributed by atoms with Gasteiger partial charge in [0.1, 0.15) is 25.4 Å². The minimum absolute atomic E-state index is 0.0137. The summed E-state index contributed by atoms with van der Waals surface area (Å²) in [5, 5.41) is 4.98. The van der Waals surface area contributed by atoms with Gasteiger partial charge >= 0.3 is 45.2 Å². The number of nitrogens with zero attached hydrogens (tertiary/aromatic N) is 1. The van der Waals surface area contributed by atoms with Crippen molar-refractivity contribution in [2.45, 2.75) is 41.7 Å². The Hall–Kier alpha value is -2.06. The van der Waals surface area contributed by atoms with Crippen molar-refractivity contribution in [2.24, 2.45) is 0 Å². The van der Waals surface area contributed by atoms with Gasteiger partial charge in [-0.15, -0.1) is 0 Å². The zero-order valence-corrected chi connectivity index (χ0v) is 18.5. The van der Waals surface area contributed by atoms with E-state index in [0.717, 1.165) is 12.1 Å². The normalized spacial score (nSPS) is 18.5. The van der Waals surface area contributed by atoms with Gasteiger partial charge in [0.2, 0.25) is 0 Å². The molecule has 0 radical (unpaired) electrons. The first-order chi connectivity index (χ1) is 16.4. The van der Waals surface area contributed by atoms with Crippen LogP contribution in [0.2, 0.25) is 0 Å². The van der Waals surface area contributed by atoms with Gasteiger partial charge in [-0.2, -0.15) is 65.5 Å². The van der Waals surface area contributed by atoms with Crippen LogP contribution in [0.5, 0.6) is 5.75 Å². The molecule has 1 fully saturated rings. The van der Waals surface area contributed by atoms with Gasteiger partial charge in [-0.1, -0.05) is 0 Å². The molecule has 0 bridgehead atoms. The first-order valence-corrected chi connectivity index (χ1v) is 10.9. The Kier molecular flexibility index (Phi) is 7.83. The van der Waals surface area contributed by atoms with Crippen LogP contribution in [0.3, 0.4) is 0 Å². The second kappa shape index (κ2) is 9.30. The molecular weight excluding hydrogens is 577 g/mol. The number of benzene rings is 1. The summed E-state index contributed by atoms with van der Waals surface area (Å²) >= 11 is 0. The Balaban J connectivity index is 2.34. The van der Waals surface area contributed by atoms with Gasteiger partial charge in [0.05, 0.1) is 13.2 Å². The summed E-state index contributed by atoms with van der Waals surface area (Å²) < 4.78 is 202. The van der Waals surface area contributed by atoms with Crippen LogP contribution in [0.4, 0.5) is 57.1 Å². The third-order valence-corrected chi connectivity index (χ3v) is 6.40. The highest BCUT2D eigenvalue weighted by atomic mass is 32.2. The largest absolute Gasteiger partial charge is 0.632 e. The minimum Gasteiger partial charge on any atom is -0.632 e. The third-order valence-electron chi connectivity index (χ3n) is 5.10. The topological polar surface area (TPSA) is 75.7 Å². The molecular formula is C17H14F13NO5S. The molecule has 0 aliphatic carbocycles. The number of hydrogen-bond acceptors (Lipinski definition) is 5. The lowest BCUT2D eigenvalue weighted by molar-refractivity contribution is -0.901. The van der Waals surface area contributed by atoms with E-state index in [4.69, 9.17) is 4.74 Å². The van der Waals surface area contributed by atoms with E-state index >= 15 is 0 Å². The fourth-order valence-electron chi connectivity index (χ4n) is 2.91. The third kappa shape index (κ3) is 5.16. The number of morpholine rings is 1. The Bertz CT molecular complexity index is 1070. The van der Waals surface area contributed by atoms with Crippen LogP contribution >= 0.6 is 0 Å². The maximum absolute atomic E-state index is 14.0. The number of ether oxygens (including phenoxy) is 1. The van der Waals surface area contributed by atoms with Crippen molar-refractivity contribution in [1.29, 1.82) is 0 Å². The number of hydrogen-bond donors (Lipinski definition) is 0. The summed E-state index contributed by atoms with van der Waals surface area (Å²) in [5.41, 5.74) is 0.110. The van der Waals surface area contributed by atoms with Crippen molar-refractivity contribution in [3.8, 4) is 5.75 Å². The van der Waals surface area contributed by atoms with Crippen molar-refractivity contribution in [2.75, 3.05) is 26.3 Å². The van der Waals surface area contributed by atoms with Crippen LogP contribution in [-0.2, 0) is 21.4 Å². The summed E-state index contributed by atoms with van der Waals surface area (Å²) in [4.78, 5) is 0. The predicted molar refractivity (Wildman–Crippen MR) is 94.7 cm³/mol. The molecule has 0 unspecified atom stereocenters. The second-order valence-corrected chi connectivity index (χ2v) is 9.36. The van der Waals surface area contributed by atoms with Crippen molar-refractivity contribution in [1.82, 2.24) is 0 Å². The molecule has 1 aliphatic rings. The van der Waals surface area contributed by atoms with E-state index in [2.05, 4.69) is 4.18 Å². The standard InChI is InChI=1S/C17H14F13NO5S/c18-12(19,14(22,23)16(26,27)28)13(20,21)15(24,25)17(29,30)37(33,34)36-11-3-1-10(2-4-11)9-31(32)5-7-35-8-6-31/h1-4H,5-9H2. The Morgan fingerprint density at radius 3 is 1.62 bits per heavy atom. The predicted octanol–water partition coefficient (Wildman–Crippen LogP) is 4.94. The number of quaternary nitrogens is 1. The van der Waals surface area contributed by atoms with Crippen LogP contribution in [0.15, 0.2) is 24.3 Å². The van der Waals surface area contributed by atoms with Crippen LogP contribution in [0.25, 0.3) is 0 Å². The van der Waals surface area contributed by atoms with Crippen molar-refractivity contribution in [3.05, 3.63) is 35.0 Å². The van der Waals surface area contributed by atoms with Gasteiger partial charge in [0, 0.05) is 5.56 Å². The van der Waals surface area contributed by atoms with Crippen molar-refractivity contribution in [3.63, 3.8) is 0 Å². The molecule has 1 aromatic carbocycles. The maximum atomic E-state index is 14.0. The van der Waals surface area contributed by atoms with Crippen molar-refractivity contribution < 1.29 is 79.1 Å². The lowest BCUT2D eigenvalue weighted by Crippen LogP contribution is -2.71. The Morgan fingerprint density at radius 1 is 0.757 bits per heavy atom. The average molecular weight is 591 g/mol. The highest BCUT2D eigenvalue weighted by Crippen LogP contribution is 2.61. The summed E-state index contributed by atoms with van der Waals surface area (Å²) in [6.45, 7) is -0.130. The molecule has 0 aromatic heterocycles. The molecule has 20 heteroatoms. The summed E-state index contributed by atoms with van der Waals surface area (Å²) in [7, 11) is -7.45. The fraction of sp³-hybridized carbons (Fsp3) is 0.647. The van der Waals surface area contributed by atoms with Crippen molar-refractivity contribution >= 4 is 10.1 Å². The monoisotopic (exact) mass is 591 g/mol. The number of alkyl halides is 13. The SMILES string of the molecule is O=S(=O)(Oc1ccc(C[N+]2([O-])CCOCC2)cc1)C(F)(F)C(F)(F)C(F)(F)C(F)(F)C(F)(F)C(F)(F)F. The van der Waals surface area contributed by atoms with E-state index in [0.29, 0.717) is 12.1 Å². The van der Waals surface area contributed by atoms with E-state index < -0.39 is 55.6 Å². The molecule has 1 aliphatic heterocycles. The molecule has 2 rings (SSSR count). The maximum Gasteiger partial charge on any atom is 0.460 e. The molecule has 1 aromatic rings. The van der Waals surface area contributed by atoms with Gasteiger partial charge < -0.3 is 18.8 Å². The van der Waals surface area contributed by atoms with Crippen LogP contribution < -0.4 is 4.18 Å². The van der Waals surface area contributed by atoms with Gasteiger partial charge in [0.15, 0.2) is 0 Å². The lowest BCUT2D eigenvalue weighted by atomic mass is 9.98. The second-order valence-electron chi connectivity index (χ2n) is 7.77. The smallest absolute Gasteiger partial charge is 0.460 e. The molecule has 0 spiro atoms. The molecule has 37 heavy (non-hydrogen) atoms. The quantitative estimate of drug-likeness (QED) is 0.176. The zero-order valence-electron chi connectivity index (χ0n) is 17.7. The summed E-state index contributed by atoms with van der Waals surface area (Å²) in [5.74, 6) is -33.9. The van der Waals surface area contributed by atoms with Crippen LogP contribution in [0, 0.1) is 5.21 Å². The number of hydroxylamine groups is 3. The molecule has 0 atom stereocenters. The molecule has 1 saturated heterocycles. The number of rotatable bonds is 9. The average Bonchev–Trinajstić information content (AvgIpc) is 2.73. The highest BCUT2D eigenvalue weighted by Gasteiger charge is 2.93. The van der Waals surface area contributed by atoms with E-state index in [1.54, 1.807) is 0 Å². The minimum atomic E-state index is -8.28. The van der Waals surface area contributed by atoms with Crippen LogP contribution in [-0.4, -0.2) is 74.5 Å². The van der Waals surface area contributed by atoms with E-state index in [1.807, 2.05) is 0 Å². The first kappa shape index (κ1) is 31.2. The molecule has 6 nitrogen and oxygen atoms in total. The summed E-state index contributed by atoms with van der Waals surface area (Å²) in [6.07, 6.45) is -7.63. The molecule has 0 amide bonds. The highest BCUT2D eigenvalue weighted by molar-refractivity contribution is 7.88. The van der Waals surface area contributed by atoms with Gasteiger partial charge in [-0.05, 0) is 24.3 Å². The molecule has 0 saturated carbocycles. The van der Waals surface area contributed by atoms with E-state index in [1.165, 1.54) is 0 Å². The van der Waals surface area contributed by atoms with E-state index in [-0.39, 0.29) is 38.4 Å². The zero-order chi connectivity index (χ0) is 28.9. The fourth-order valence-corrected chi connectivity index (χ4v) is 3.82. The molecule has 0 N–H and O–H groups in total. The first-order valence-electron chi connectivity index (χ1n) is 9.50.